The third-order valence-electron chi connectivity index (χ3n) is 3.80. The van der Waals surface area contributed by atoms with Gasteiger partial charge in [-0.15, -0.1) is 0 Å². The van der Waals surface area contributed by atoms with E-state index in [4.69, 9.17) is 4.98 Å². The van der Waals surface area contributed by atoms with E-state index in [2.05, 4.69) is 29.8 Å². The van der Waals surface area contributed by atoms with Crippen LogP contribution in [0.5, 0.6) is 0 Å². The zero-order chi connectivity index (χ0) is 12.8. The van der Waals surface area contributed by atoms with E-state index in [1.807, 2.05) is 6.20 Å². The van der Waals surface area contributed by atoms with Crippen molar-refractivity contribution in [3.63, 3.8) is 0 Å². The van der Waals surface area contributed by atoms with E-state index in [1.165, 1.54) is 44.2 Å². The first-order valence-electron chi connectivity index (χ1n) is 7.39. The van der Waals surface area contributed by atoms with Gasteiger partial charge in [0.25, 0.3) is 0 Å². The molecule has 0 spiro atoms. The molecule has 0 aromatic carbocycles. The predicted octanol–water partition coefficient (Wildman–Crippen LogP) is 3.76. The second kappa shape index (κ2) is 6.72. The largest absolute Gasteiger partial charge is 0.341 e. The van der Waals surface area contributed by atoms with Crippen molar-refractivity contribution in [1.29, 1.82) is 0 Å². The van der Waals surface area contributed by atoms with Crippen molar-refractivity contribution in [2.45, 2.75) is 58.3 Å². The lowest BCUT2D eigenvalue weighted by molar-refractivity contribution is 0.586. The van der Waals surface area contributed by atoms with Gasteiger partial charge in [0.15, 0.2) is 0 Å². The van der Waals surface area contributed by atoms with Gasteiger partial charge in [0.05, 0.1) is 0 Å². The Morgan fingerprint density at radius 3 is 2.78 bits per heavy atom. The minimum atomic E-state index is 0.556. The van der Waals surface area contributed by atoms with Crippen molar-refractivity contribution in [3.8, 4) is 0 Å². The van der Waals surface area contributed by atoms with Crippen molar-refractivity contribution in [3.05, 3.63) is 18.0 Å². The fourth-order valence-corrected chi connectivity index (χ4v) is 2.55. The maximum Gasteiger partial charge on any atom is 0.225 e. The third-order valence-corrected chi connectivity index (χ3v) is 3.80. The highest BCUT2D eigenvalue weighted by Gasteiger charge is 2.16. The summed E-state index contributed by atoms with van der Waals surface area (Å²) in [4.78, 5) is 11.5. The molecule has 0 radical (unpaired) electrons. The van der Waals surface area contributed by atoms with Gasteiger partial charge in [-0.1, -0.05) is 33.1 Å². The highest BCUT2D eigenvalue weighted by atomic mass is 15.3. The van der Waals surface area contributed by atoms with E-state index < -0.39 is 0 Å². The average Bonchev–Trinajstić information content (AvgIpc) is 2.93. The molecule has 0 saturated carbocycles. The number of aromatic nitrogens is 2. The Hall–Kier alpha value is -1.12. The molecule has 3 nitrogen and oxygen atoms in total. The van der Waals surface area contributed by atoms with Gasteiger partial charge < -0.3 is 4.90 Å². The highest BCUT2D eigenvalue weighted by Crippen LogP contribution is 2.22. The molecule has 1 aromatic heterocycles. The summed E-state index contributed by atoms with van der Waals surface area (Å²) in [5.41, 5.74) is 1.21. The Morgan fingerprint density at radius 2 is 2.06 bits per heavy atom. The number of rotatable bonds is 6. The van der Waals surface area contributed by atoms with Gasteiger partial charge in [-0.25, -0.2) is 9.97 Å². The molecule has 1 fully saturated rings. The molecule has 0 N–H and O–H groups in total. The van der Waals surface area contributed by atoms with Crippen LogP contribution in [0.15, 0.2) is 12.3 Å². The van der Waals surface area contributed by atoms with Crippen LogP contribution in [0, 0.1) is 0 Å². The van der Waals surface area contributed by atoms with Crippen molar-refractivity contribution in [1.82, 2.24) is 9.97 Å². The summed E-state index contributed by atoms with van der Waals surface area (Å²) in [6.45, 7) is 6.77. The monoisotopic (exact) mass is 247 g/mol. The molecule has 100 valence electrons. The number of unbranched alkanes of at least 4 members (excludes halogenated alkanes) is 2. The minimum Gasteiger partial charge on any atom is -0.341 e. The van der Waals surface area contributed by atoms with Crippen molar-refractivity contribution in [2.75, 3.05) is 18.0 Å². The fraction of sp³-hybridized carbons (Fsp3) is 0.733. The van der Waals surface area contributed by atoms with Gasteiger partial charge in [0.2, 0.25) is 5.95 Å². The Labute approximate surface area is 111 Å². The summed E-state index contributed by atoms with van der Waals surface area (Å²) in [5, 5.41) is 0. The fourth-order valence-electron chi connectivity index (χ4n) is 2.55. The second-order valence-corrected chi connectivity index (χ2v) is 5.37. The zero-order valence-electron chi connectivity index (χ0n) is 11.7. The van der Waals surface area contributed by atoms with E-state index in [-0.39, 0.29) is 0 Å². The van der Waals surface area contributed by atoms with Crippen LogP contribution in [0.2, 0.25) is 0 Å². The van der Waals surface area contributed by atoms with E-state index >= 15 is 0 Å². The van der Waals surface area contributed by atoms with Crippen LogP contribution in [-0.4, -0.2) is 23.1 Å². The molecular weight excluding hydrogens is 222 g/mol. The summed E-state index contributed by atoms with van der Waals surface area (Å²) < 4.78 is 0. The molecule has 2 rings (SSSR count). The number of hydrogen-bond acceptors (Lipinski definition) is 3. The van der Waals surface area contributed by atoms with Gasteiger partial charge in [0.1, 0.15) is 0 Å². The molecule has 0 aliphatic carbocycles. The van der Waals surface area contributed by atoms with Crippen LogP contribution in [-0.2, 0) is 0 Å². The third kappa shape index (κ3) is 3.44. The quantitative estimate of drug-likeness (QED) is 0.717. The van der Waals surface area contributed by atoms with Crippen molar-refractivity contribution < 1.29 is 0 Å². The number of nitrogens with zero attached hydrogens (tertiary/aromatic N) is 3. The average molecular weight is 247 g/mol. The van der Waals surface area contributed by atoms with E-state index in [1.54, 1.807) is 0 Å². The zero-order valence-corrected chi connectivity index (χ0v) is 11.7. The van der Waals surface area contributed by atoms with Crippen LogP contribution >= 0.6 is 0 Å². The molecule has 1 aliphatic rings. The Balaban J connectivity index is 1.97. The second-order valence-electron chi connectivity index (χ2n) is 5.37. The molecule has 2 heterocycles. The first kappa shape index (κ1) is 13.3. The number of hydrogen-bond donors (Lipinski definition) is 0. The molecule has 1 unspecified atom stereocenters. The minimum absolute atomic E-state index is 0.556. The topological polar surface area (TPSA) is 29.0 Å². The molecule has 0 amide bonds. The van der Waals surface area contributed by atoms with Gasteiger partial charge in [-0.05, 0) is 31.2 Å². The number of anilines is 1. The van der Waals surface area contributed by atoms with Gasteiger partial charge in [0, 0.05) is 25.0 Å². The van der Waals surface area contributed by atoms with E-state index in [9.17, 15) is 0 Å². The summed E-state index contributed by atoms with van der Waals surface area (Å²) in [5.74, 6) is 1.49. The standard InChI is InChI=1S/C15H25N3/c1-3-4-5-8-13(2)14-9-10-16-15(17-14)18-11-6-7-12-18/h9-10,13H,3-8,11-12H2,1-2H3. The molecule has 18 heavy (non-hydrogen) atoms. The highest BCUT2D eigenvalue weighted by molar-refractivity contribution is 5.32. The summed E-state index contributed by atoms with van der Waals surface area (Å²) >= 11 is 0. The van der Waals surface area contributed by atoms with Crippen LogP contribution < -0.4 is 4.90 Å². The van der Waals surface area contributed by atoms with Crippen LogP contribution in [0.4, 0.5) is 5.95 Å². The first-order valence-corrected chi connectivity index (χ1v) is 7.39. The molecule has 0 bridgehead atoms. The normalized spacial score (nSPS) is 17.1. The van der Waals surface area contributed by atoms with Crippen LogP contribution in [0.1, 0.15) is 64.0 Å². The SMILES string of the molecule is CCCCCC(C)c1ccnc(N2CCCC2)n1. The molecule has 1 aromatic rings. The van der Waals surface area contributed by atoms with E-state index in [0.717, 1.165) is 19.0 Å². The summed E-state index contributed by atoms with van der Waals surface area (Å²) in [6.07, 6.45) is 9.64. The Kier molecular flexibility index (Phi) is 4.97. The first-order chi connectivity index (χ1) is 8.81. The molecular formula is C15H25N3. The lowest BCUT2D eigenvalue weighted by Crippen LogP contribution is -2.21. The Bertz CT molecular complexity index is 359. The van der Waals surface area contributed by atoms with Gasteiger partial charge >= 0.3 is 0 Å². The molecule has 1 aliphatic heterocycles. The summed E-state index contributed by atoms with van der Waals surface area (Å²) in [7, 11) is 0. The molecule has 1 atom stereocenters. The maximum absolute atomic E-state index is 4.75. The lowest BCUT2D eigenvalue weighted by atomic mass is 10.00. The smallest absolute Gasteiger partial charge is 0.225 e. The van der Waals surface area contributed by atoms with Gasteiger partial charge in [-0.2, -0.15) is 0 Å². The lowest BCUT2D eigenvalue weighted by Gasteiger charge is -2.17. The van der Waals surface area contributed by atoms with E-state index in [0.29, 0.717) is 5.92 Å². The Morgan fingerprint density at radius 1 is 1.28 bits per heavy atom. The van der Waals surface area contributed by atoms with Crippen LogP contribution in [0.25, 0.3) is 0 Å². The summed E-state index contributed by atoms with van der Waals surface area (Å²) in [6, 6.07) is 2.08. The van der Waals surface area contributed by atoms with Crippen molar-refractivity contribution in [2.24, 2.45) is 0 Å². The molecule has 1 saturated heterocycles. The predicted molar refractivity (Wildman–Crippen MR) is 76.0 cm³/mol. The maximum atomic E-state index is 4.75. The molecule has 3 heteroatoms. The van der Waals surface area contributed by atoms with Crippen LogP contribution in [0.3, 0.4) is 0 Å². The van der Waals surface area contributed by atoms with Crippen molar-refractivity contribution >= 4 is 5.95 Å². The van der Waals surface area contributed by atoms with Gasteiger partial charge in [-0.3, -0.25) is 0 Å².